The van der Waals surface area contributed by atoms with E-state index in [9.17, 15) is 0 Å². The van der Waals surface area contributed by atoms with Crippen LogP contribution in [0.4, 0.5) is 5.82 Å². The van der Waals surface area contributed by atoms with Crippen LogP contribution in [0.1, 0.15) is 30.0 Å². The van der Waals surface area contributed by atoms with E-state index in [4.69, 9.17) is 33.7 Å². The molecule has 5 rings (SSSR count). The molecule has 1 spiro atoms. The average Bonchev–Trinajstić information content (AvgIpc) is 3.04. The molecule has 2 aromatic heterocycles. The summed E-state index contributed by atoms with van der Waals surface area (Å²) in [6, 6.07) is 10.3. The molecule has 0 saturated carbocycles. The van der Waals surface area contributed by atoms with Crippen LogP contribution in [0.25, 0.3) is 0 Å². The summed E-state index contributed by atoms with van der Waals surface area (Å²) in [6.07, 6.45) is 7.99. The molecule has 6 nitrogen and oxygen atoms in total. The predicted molar refractivity (Wildman–Crippen MR) is 117 cm³/mol. The number of piperidine rings is 1. The molecule has 0 unspecified atom stereocenters. The molecule has 154 valence electrons. The van der Waals surface area contributed by atoms with E-state index in [1.165, 1.54) is 17.3 Å². The van der Waals surface area contributed by atoms with Crippen molar-refractivity contribution in [3.63, 3.8) is 0 Å². The van der Waals surface area contributed by atoms with Crippen LogP contribution in [0.2, 0.25) is 10.2 Å². The monoisotopic (exact) mass is 441 g/mol. The van der Waals surface area contributed by atoms with E-state index in [-0.39, 0.29) is 21.6 Å². The van der Waals surface area contributed by atoms with E-state index in [2.05, 4.69) is 44.1 Å². The van der Waals surface area contributed by atoms with E-state index < -0.39 is 0 Å². The van der Waals surface area contributed by atoms with Gasteiger partial charge in [0.15, 0.2) is 10.9 Å². The molecule has 30 heavy (non-hydrogen) atoms. The summed E-state index contributed by atoms with van der Waals surface area (Å²) in [6.45, 7) is 1.81. The summed E-state index contributed by atoms with van der Waals surface area (Å²) in [7, 11) is 0. The Balaban J connectivity index is 1.26. The Bertz CT molecular complexity index is 1070. The first kappa shape index (κ1) is 19.5. The predicted octanol–water partition coefficient (Wildman–Crippen LogP) is 4.81. The first-order chi connectivity index (χ1) is 14.6. The van der Waals surface area contributed by atoms with Crippen molar-refractivity contribution in [3.8, 4) is 11.6 Å². The lowest BCUT2D eigenvalue weighted by atomic mass is 9.73. The van der Waals surface area contributed by atoms with Gasteiger partial charge in [-0.3, -0.25) is 0 Å². The highest BCUT2D eigenvalue weighted by atomic mass is 35.5. The molecule has 1 fully saturated rings. The van der Waals surface area contributed by atoms with E-state index in [1.807, 2.05) is 0 Å². The highest BCUT2D eigenvalue weighted by Crippen LogP contribution is 2.50. The fourth-order valence-corrected chi connectivity index (χ4v) is 4.91. The molecular weight excluding hydrogens is 421 g/mol. The van der Waals surface area contributed by atoms with Gasteiger partial charge in [0.25, 0.3) is 0 Å². The van der Waals surface area contributed by atoms with Crippen LogP contribution in [0.15, 0.2) is 48.9 Å². The molecule has 2 N–H and O–H groups in total. The summed E-state index contributed by atoms with van der Waals surface area (Å²) in [5, 5.41) is 0.438. The number of nitrogens with zero attached hydrogens (tertiary/aromatic N) is 4. The molecule has 1 atom stereocenters. The van der Waals surface area contributed by atoms with Crippen LogP contribution in [-0.2, 0) is 6.42 Å². The van der Waals surface area contributed by atoms with Crippen molar-refractivity contribution in [1.82, 2.24) is 15.0 Å². The number of halogens is 2. The van der Waals surface area contributed by atoms with Crippen molar-refractivity contribution in [2.45, 2.75) is 25.3 Å². The Labute approximate surface area is 185 Å². The molecule has 8 heteroatoms. The van der Waals surface area contributed by atoms with Crippen LogP contribution >= 0.6 is 23.2 Å². The maximum atomic E-state index is 6.67. The van der Waals surface area contributed by atoms with Crippen molar-refractivity contribution >= 4 is 29.0 Å². The van der Waals surface area contributed by atoms with Crippen LogP contribution in [0.5, 0.6) is 11.6 Å². The summed E-state index contributed by atoms with van der Waals surface area (Å²) >= 11 is 12.0. The number of anilines is 1. The minimum Gasteiger partial charge on any atom is -0.436 e. The standard InChI is InChI=1S/C22H21Cl2N5O/c23-19-16(5-8-26-21(19)24)30-18-13-27-17(12-28-18)29-9-6-22(7-10-29)11-14-3-1-2-4-15(14)20(22)25/h1-5,8,12-13,20H,6-7,9-11,25H2/t20-/m1/s1. The molecule has 1 saturated heterocycles. The van der Waals surface area contributed by atoms with Gasteiger partial charge in [0.05, 0.1) is 12.4 Å². The lowest BCUT2D eigenvalue weighted by Crippen LogP contribution is -2.44. The maximum absolute atomic E-state index is 6.67. The molecule has 0 amide bonds. The lowest BCUT2D eigenvalue weighted by Gasteiger charge is -2.42. The molecule has 1 aliphatic carbocycles. The van der Waals surface area contributed by atoms with Gasteiger partial charge in [-0.25, -0.2) is 15.0 Å². The Morgan fingerprint density at radius 3 is 2.57 bits per heavy atom. The third-order valence-corrected chi connectivity index (χ3v) is 7.06. The second-order valence-corrected chi connectivity index (χ2v) is 8.67. The highest BCUT2D eigenvalue weighted by molar-refractivity contribution is 6.42. The number of ether oxygens (including phenoxy) is 1. The normalized spacial score (nSPS) is 19.7. The Hall–Kier alpha value is -2.41. The minimum absolute atomic E-state index is 0.106. The quantitative estimate of drug-likeness (QED) is 0.587. The summed E-state index contributed by atoms with van der Waals surface area (Å²) < 4.78 is 5.69. The minimum atomic E-state index is 0.106. The number of hydrogen-bond donors (Lipinski definition) is 1. The first-order valence-corrected chi connectivity index (χ1v) is 10.7. The summed E-state index contributed by atoms with van der Waals surface area (Å²) in [5.74, 6) is 1.58. The van der Waals surface area contributed by atoms with Crippen LogP contribution in [-0.4, -0.2) is 28.0 Å². The number of fused-ring (bicyclic) bond motifs is 1. The van der Waals surface area contributed by atoms with Crippen molar-refractivity contribution in [2.75, 3.05) is 18.0 Å². The second kappa shape index (κ2) is 7.69. The molecule has 0 radical (unpaired) electrons. The number of pyridine rings is 1. The number of hydrogen-bond acceptors (Lipinski definition) is 6. The molecule has 1 aliphatic heterocycles. The second-order valence-electron chi connectivity index (χ2n) is 7.93. The van der Waals surface area contributed by atoms with Crippen LogP contribution in [0.3, 0.4) is 0 Å². The van der Waals surface area contributed by atoms with Crippen LogP contribution in [0, 0.1) is 5.41 Å². The molecule has 1 aromatic carbocycles. The third-order valence-electron chi connectivity index (χ3n) is 6.32. The number of benzene rings is 1. The van der Waals surface area contributed by atoms with E-state index in [0.29, 0.717) is 11.6 Å². The molecule has 2 aliphatic rings. The van der Waals surface area contributed by atoms with E-state index in [0.717, 1.165) is 38.2 Å². The van der Waals surface area contributed by atoms with Gasteiger partial charge in [-0.1, -0.05) is 47.5 Å². The molecule has 0 bridgehead atoms. The van der Waals surface area contributed by atoms with Gasteiger partial charge in [0, 0.05) is 31.4 Å². The lowest BCUT2D eigenvalue weighted by molar-refractivity contribution is 0.187. The Morgan fingerprint density at radius 1 is 1.03 bits per heavy atom. The maximum Gasteiger partial charge on any atom is 0.238 e. The Morgan fingerprint density at radius 2 is 1.83 bits per heavy atom. The van der Waals surface area contributed by atoms with Gasteiger partial charge in [-0.2, -0.15) is 0 Å². The number of rotatable bonds is 3. The summed E-state index contributed by atoms with van der Waals surface area (Å²) in [4.78, 5) is 15.1. The largest absolute Gasteiger partial charge is 0.436 e. The zero-order chi connectivity index (χ0) is 20.7. The molecular formula is C22H21Cl2N5O. The van der Waals surface area contributed by atoms with E-state index in [1.54, 1.807) is 18.5 Å². The number of nitrogens with two attached hydrogens (primary N) is 1. The van der Waals surface area contributed by atoms with Crippen molar-refractivity contribution in [3.05, 3.63) is 70.2 Å². The molecule has 3 heterocycles. The van der Waals surface area contributed by atoms with Crippen molar-refractivity contribution in [1.29, 1.82) is 0 Å². The van der Waals surface area contributed by atoms with Gasteiger partial charge in [0.1, 0.15) is 10.8 Å². The van der Waals surface area contributed by atoms with Crippen molar-refractivity contribution < 1.29 is 4.74 Å². The first-order valence-electron chi connectivity index (χ1n) is 9.94. The fraction of sp³-hybridized carbons (Fsp3) is 0.318. The summed E-state index contributed by atoms with van der Waals surface area (Å²) in [5.41, 5.74) is 9.52. The topological polar surface area (TPSA) is 77.2 Å². The van der Waals surface area contributed by atoms with Gasteiger partial charge in [0.2, 0.25) is 5.88 Å². The van der Waals surface area contributed by atoms with Crippen LogP contribution < -0.4 is 15.4 Å². The van der Waals surface area contributed by atoms with Gasteiger partial charge >= 0.3 is 0 Å². The Kier molecular flexibility index (Phi) is 5.01. The number of aromatic nitrogens is 3. The average molecular weight is 442 g/mol. The van der Waals surface area contributed by atoms with E-state index >= 15 is 0 Å². The van der Waals surface area contributed by atoms with Gasteiger partial charge < -0.3 is 15.4 Å². The SMILES string of the molecule is N[C@@H]1c2ccccc2CC12CCN(c1cnc(Oc3ccnc(Cl)c3Cl)cn1)CC2. The smallest absolute Gasteiger partial charge is 0.238 e. The zero-order valence-corrected chi connectivity index (χ0v) is 17.8. The van der Waals surface area contributed by atoms with Gasteiger partial charge in [-0.05, 0) is 35.8 Å². The highest BCUT2D eigenvalue weighted by Gasteiger charge is 2.45. The van der Waals surface area contributed by atoms with Gasteiger partial charge in [-0.15, -0.1) is 0 Å². The molecule has 3 aromatic rings. The van der Waals surface area contributed by atoms with Crippen molar-refractivity contribution in [2.24, 2.45) is 11.1 Å². The third kappa shape index (κ3) is 3.39. The fourth-order valence-electron chi connectivity index (χ4n) is 4.61. The zero-order valence-electron chi connectivity index (χ0n) is 16.3.